The first-order valence-corrected chi connectivity index (χ1v) is 10.1. The van der Waals surface area contributed by atoms with E-state index >= 15 is 0 Å². The van der Waals surface area contributed by atoms with E-state index in [0.717, 1.165) is 31.1 Å². The minimum Gasteiger partial charge on any atom is -0.331 e. The molecular formula is C17H28Cl2N4OS2. The predicted molar refractivity (Wildman–Crippen MR) is 116 cm³/mol. The molecule has 9 heteroatoms. The van der Waals surface area contributed by atoms with Crippen LogP contribution in [-0.4, -0.2) is 53.4 Å². The third-order valence-electron chi connectivity index (χ3n) is 3.92. The molecular weight excluding hydrogens is 411 g/mol. The lowest BCUT2D eigenvalue weighted by atomic mass is 10.3. The van der Waals surface area contributed by atoms with Crippen molar-refractivity contribution < 1.29 is 4.79 Å². The number of carbonyl (C=O) groups excluding carboxylic acids is 1. The minimum absolute atomic E-state index is 0. The molecule has 0 spiro atoms. The first-order valence-electron chi connectivity index (χ1n) is 8.36. The number of amides is 1. The summed E-state index contributed by atoms with van der Waals surface area (Å²) >= 11 is 3.20. The molecule has 2 N–H and O–H groups in total. The van der Waals surface area contributed by atoms with E-state index in [9.17, 15) is 4.79 Å². The van der Waals surface area contributed by atoms with E-state index < -0.39 is 0 Å². The van der Waals surface area contributed by atoms with E-state index in [4.69, 9.17) is 5.73 Å². The number of thiophene rings is 1. The zero-order chi connectivity index (χ0) is 17.4. The van der Waals surface area contributed by atoms with Crippen molar-refractivity contribution in [2.24, 2.45) is 5.73 Å². The fourth-order valence-corrected chi connectivity index (χ4v) is 3.96. The molecule has 0 aliphatic heterocycles. The Labute approximate surface area is 176 Å². The van der Waals surface area contributed by atoms with Crippen LogP contribution in [0.5, 0.6) is 0 Å². The third kappa shape index (κ3) is 7.50. The van der Waals surface area contributed by atoms with Gasteiger partial charge in [-0.3, -0.25) is 4.79 Å². The summed E-state index contributed by atoms with van der Waals surface area (Å²) in [5.41, 5.74) is 6.12. The van der Waals surface area contributed by atoms with Crippen molar-refractivity contribution in [2.75, 3.05) is 32.7 Å². The number of carbonyl (C=O) groups is 1. The average Bonchev–Trinajstić information content (AvgIpc) is 3.26. The van der Waals surface area contributed by atoms with Gasteiger partial charge in [-0.15, -0.1) is 47.5 Å². The number of aromatic nitrogens is 1. The Hall–Kier alpha value is -0.700. The molecule has 0 aliphatic rings. The van der Waals surface area contributed by atoms with E-state index in [-0.39, 0.29) is 30.7 Å². The van der Waals surface area contributed by atoms with Gasteiger partial charge in [-0.2, -0.15) is 0 Å². The second-order valence-corrected chi connectivity index (χ2v) is 7.47. The lowest BCUT2D eigenvalue weighted by molar-refractivity contribution is 0.0720. The zero-order valence-electron chi connectivity index (χ0n) is 15.2. The van der Waals surface area contributed by atoms with E-state index in [1.54, 1.807) is 11.3 Å². The van der Waals surface area contributed by atoms with Crippen molar-refractivity contribution in [1.82, 2.24) is 14.8 Å². The Kier molecular flexibility index (Phi) is 13.1. The van der Waals surface area contributed by atoms with Gasteiger partial charge in [0.05, 0.1) is 11.6 Å². The molecule has 0 aliphatic carbocycles. The lowest BCUT2D eigenvalue weighted by Gasteiger charge is -2.25. The first-order chi connectivity index (χ1) is 11.7. The van der Waals surface area contributed by atoms with Crippen LogP contribution in [0.4, 0.5) is 0 Å². The van der Waals surface area contributed by atoms with Crippen LogP contribution in [0.3, 0.4) is 0 Å². The number of hydrogen-bond acceptors (Lipinski definition) is 6. The SMILES string of the molecule is CCN(CC)CCN(Cc1cccs1)C(=O)c1csc(CCN)n1.Cl.Cl. The standard InChI is InChI=1S/C17H26N4OS2.2ClH/c1-3-20(4-2)9-10-21(12-14-6-5-11-23-14)17(22)15-13-24-16(19-15)7-8-18;;/h5-6,11,13H,3-4,7-10,12,18H2,1-2H3;2*1H. The summed E-state index contributed by atoms with van der Waals surface area (Å²) in [7, 11) is 0. The lowest BCUT2D eigenvalue weighted by Crippen LogP contribution is -2.38. The molecule has 0 atom stereocenters. The number of halogens is 2. The number of hydrogen-bond donors (Lipinski definition) is 1. The highest BCUT2D eigenvalue weighted by Gasteiger charge is 2.20. The van der Waals surface area contributed by atoms with Crippen LogP contribution in [0, 0.1) is 0 Å². The highest BCUT2D eigenvalue weighted by Crippen LogP contribution is 2.16. The van der Waals surface area contributed by atoms with Crippen molar-refractivity contribution in [3.8, 4) is 0 Å². The van der Waals surface area contributed by atoms with Crippen LogP contribution >= 0.6 is 47.5 Å². The highest BCUT2D eigenvalue weighted by atomic mass is 35.5. The summed E-state index contributed by atoms with van der Waals surface area (Å²) in [6.07, 6.45) is 0.725. The Balaban J connectivity index is 0.00000312. The fourth-order valence-electron chi connectivity index (χ4n) is 2.45. The summed E-state index contributed by atoms with van der Waals surface area (Å²) in [5, 5.41) is 4.83. The van der Waals surface area contributed by atoms with Gasteiger partial charge in [0, 0.05) is 29.8 Å². The van der Waals surface area contributed by atoms with Gasteiger partial charge in [0.2, 0.25) is 0 Å². The predicted octanol–water partition coefficient (Wildman–Crippen LogP) is 3.53. The van der Waals surface area contributed by atoms with Crippen LogP contribution in [0.15, 0.2) is 22.9 Å². The van der Waals surface area contributed by atoms with Crippen molar-refractivity contribution in [2.45, 2.75) is 26.8 Å². The number of thiazole rings is 1. The Morgan fingerprint density at radius 2 is 1.92 bits per heavy atom. The fraction of sp³-hybridized carbons (Fsp3) is 0.529. The molecule has 2 heterocycles. The van der Waals surface area contributed by atoms with E-state index in [1.807, 2.05) is 21.7 Å². The van der Waals surface area contributed by atoms with Gasteiger partial charge in [0.1, 0.15) is 5.69 Å². The van der Waals surface area contributed by atoms with Crippen molar-refractivity contribution in [3.05, 3.63) is 38.5 Å². The van der Waals surface area contributed by atoms with Gasteiger partial charge >= 0.3 is 0 Å². The third-order valence-corrected chi connectivity index (χ3v) is 5.69. The van der Waals surface area contributed by atoms with Crippen molar-refractivity contribution in [1.29, 1.82) is 0 Å². The average molecular weight is 439 g/mol. The molecule has 5 nitrogen and oxygen atoms in total. The van der Waals surface area contributed by atoms with Crippen molar-refractivity contribution >= 4 is 53.4 Å². The molecule has 26 heavy (non-hydrogen) atoms. The number of nitrogens with zero attached hydrogens (tertiary/aromatic N) is 3. The molecule has 0 saturated heterocycles. The molecule has 0 unspecified atom stereocenters. The Morgan fingerprint density at radius 3 is 2.50 bits per heavy atom. The smallest absolute Gasteiger partial charge is 0.273 e. The summed E-state index contributed by atoms with van der Waals surface area (Å²) in [6, 6.07) is 4.10. The molecule has 0 radical (unpaired) electrons. The van der Waals surface area contributed by atoms with E-state index in [2.05, 4.69) is 29.8 Å². The number of likely N-dealkylation sites (N-methyl/N-ethyl adjacent to an activating group) is 1. The molecule has 0 bridgehead atoms. The second kappa shape index (κ2) is 13.5. The van der Waals surface area contributed by atoms with Gasteiger partial charge in [-0.05, 0) is 31.1 Å². The summed E-state index contributed by atoms with van der Waals surface area (Å²) in [5.74, 6) is 0.00933. The second-order valence-electron chi connectivity index (χ2n) is 5.50. The van der Waals surface area contributed by atoms with E-state index in [0.29, 0.717) is 25.3 Å². The van der Waals surface area contributed by atoms with Gasteiger partial charge in [-0.1, -0.05) is 19.9 Å². The molecule has 2 aromatic heterocycles. The monoisotopic (exact) mass is 438 g/mol. The molecule has 0 saturated carbocycles. The highest BCUT2D eigenvalue weighted by molar-refractivity contribution is 7.10. The molecule has 148 valence electrons. The quantitative estimate of drug-likeness (QED) is 0.615. The molecule has 2 aromatic rings. The van der Waals surface area contributed by atoms with Crippen LogP contribution in [0.1, 0.15) is 34.2 Å². The van der Waals surface area contributed by atoms with Gasteiger partial charge in [0.15, 0.2) is 0 Å². The maximum atomic E-state index is 12.9. The van der Waals surface area contributed by atoms with Crippen LogP contribution in [-0.2, 0) is 13.0 Å². The van der Waals surface area contributed by atoms with Crippen LogP contribution in [0.25, 0.3) is 0 Å². The van der Waals surface area contributed by atoms with Crippen LogP contribution < -0.4 is 5.73 Å². The Bertz CT molecular complexity index is 618. The summed E-state index contributed by atoms with van der Waals surface area (Å²) in [6.45, 7) is 9.07. The maximum Gasteiger partial charge on any atom is 0.273 e. The molecule has 0 fully saturated rings. The Morgan fingerprint density at radius 1 is 1.19 bits per heavy atom. The number of rotatable bonds is 10. The summed E-state index contributed by atoms with van der Waals surface area (Å²) in [4.78, 5) is 22.8. The first kappa shape index (κ1) is 25.3. The topological polar surface area (TPSA) is 62.5 Å². The molecule has 0 aromatic carbocycles. The largest absolute Gasteiger partial charge is 0.331 e. The molecule has 2 rings (SSSR count). The summed E-state index contributed by atoms with van der Waals surface area (Å²) < 4.78 is 0. The molecule has 1 amide bonds. The van der Waals surface area contributed by atoms with Gasteiger partial charge < -0.3 is 15.5 Å². The number of nitrogens with two attached hydrogens (primary N) is 1. The zero-order valence-corrected chi connectivity index (χ0v) is 18.5. The van der Waals surface area contributed by atoms with Crippen molar-refractivity contribution in [3.63, 3.8) is 0 Å². The maximum absolute atomic E-state index is 12.9. The van der Waals surface area contributed by atoms with Crippen LogP contribution in [0.2, 0.25) is 0 Å². The van der Waals surface area contributed by atoms with E-state index in [1.165, 1.54) is 16.2 Å². The minimum atomic E-state index is 0. The van der Waals surface area contributed by atoms with Gasteiger partial charge in [-0.25, -0.2) is 4.98 Å². The normalized spacial score (nSPS) is 10.3. The van der Waals surface area contributed by atoms with Gasteiger partial charge in [0.25, 0.3) is 5.91 Å².